The van der Waals surface area contributed by atoms with Crippen molar-refractivity contribution >= 4 is 27.7 Å². The maximum atomic E-state index is 12.6. The summed E-state index contributed by atoms with van der Waals surface area (Å²) in [4.78, 5) is 14.3. The summed E-state index contributed by atoms with van der Waals surface area (Å²) in [6.07, 6.45) is 0. The number of aromatic amines is 1. The molecule has 0 unspecified atom stereocenters. The average Bonchev–Trinajstić information content (AvgIpc) is 2.78. The van der Waals surface area contributed by atoms with E-state index < -0.39 is 0 Å². The fourth-order valence-corrected chi connectivity index (χ4v) is 3.48. The molecule has 3 aromatic rings. The van der Waals surface area contributed by atoms with Gasteiger partial charge in [0.25, 0.3) is 5.56 Å². The van der Waals surface area contributed by atoms with Crippen molar-refractivity contribution < 1.29 is 0 Å². The zero-order valence-corrected chi connectivity index (χ0v) is 13.7. The van der Waals surface area contributed by atoms with Gasteiger partial charge in [0.1, 0.15) is 4.90 Å². The van der Waals surface area contributed by atoms with Crippen LogP contribution in [0.5, 0.6) is 0 Å². The Kier molecular flexibility index (Phi) is 4.03. The van der Waals surface area contributed by atoms with Gasteiger partial charge in [-0.1, -0.05) is 42.1 Å². The maximum absolute atomic E-state index is 12.6. The summed E-state index contributed by atoms with van der Waals surface area (Å²) in [5, 5.41) is 3.14. The predicted molar refractivity (Wildman–Crippen MR) is 89.4 cm³/mol. The summed E-state index contributed by atoms with van der Waals surface area (Å²) in [6.45, 7) is 1.92. The lowest BCUT2D eigenvalue weighted by atomic mass is 10.3. The number of nitrogens with zero attached hydrogens (tertiary/aromatic N) is 1. The molecule has 0 radical (unpaired) electrons. The molecule has 0 spiro atoms. The van der Waals surface area contributed by atoms with Gasteiger partial charge in [0.05, 0.1) is 5.69 Å². The fraction of sp³-hybridized carbons (Fsp3) is 0.0625. The van der Waals surface area contributed by atoms with Gasteiger partial charge in [-0.2, -0.15) is 0 Å². The number of aromatic nitrogens is 2. The maximum Gasteiger partial charge on any atom is 0.285 e. The minimum Gasteiger partial charge on any atom is -0.294 e. The van der Waals surface area contributed by atoms with Gasteiger partial charge < -0.3 is 0 Å². The van der Waals surface area contributed by atoms with Crippen LogP contribution in [-0.4, -0.2) is 9.78 Å². The van der Waals surface area contributed by atoms with E-state index in [1.807, 2.05) is 61.5 Å². The number of hydrogen-bond donors (Lipinski definition) is 1. The summed E-state index contributed by atoms with van der Waals surface area (Å²) >= 11 is 4.99. The molecule has 1 heterocycles. The molecule has 106 valence electrons. The predicted octanol–water partition coefficient (Wildman–Crippen LogP) is 4.39. The van der Waals surface area contributed by atoms with Gasteiger partial charge in [0.2, 0.25) is 0 Å². The molecule has 21 heavy (non-hydrogen) atoms. The summed E-state index contributed by atoms with van der Waals surface area (Å²) in [5.41, 5.74) is 1.67. The molecule has 0 aliphatic heterocycles. The van der Waals surface area contributed by atoms with Crippen molar-refractivity contribution in [3.8, 4) is 5.69 Å². The first-order valence-electron chi connectivity index (χ1n) is 6.46. The third kappa shape index (κ3) is 2.84. The molecule has 0 bridgehead atoms. The number of rotatable bonds is 3. The van der Waals surface area contributed by atoms with Gasteiger partial charge in [-0.05, 0) is 47.1 Å². The van der Waals surface area contributed by atoms with E-state index >= 15 is 0 Å². The number of hydrogen-bond acceptors (Lipinski definition) is 2. The number of para-hydroxylation sites is 1. The molecule has 0 saturated heterocycles. The smallest absolute Gasteiger partial charge is 0.285 e. The zero-order valence-electron chi connectivity index (χ0n) is 11.3. The molecular formula is C16H13BrN2OS. The number of benzene rings is 2. The van der Waals surface area contributed by atoms with E-state index in [1.54, 1.807) is 4.68 Å². The van der Waals surface area contributed by atoms with Gasteiger partial charge in [0, 0.05) is 15.1 Å². The quantitative estimate of drug-likeness (QED) is 0.752. The second kappa shape index (κ2) is 5.95. The number of H-pyrrole nitrogens is 1. The van der Waals surface area contributed by atoms with Crippen molar-refractivity contribution in [3.63, 3.8) is 0 Å². The van der Waals surface area contributed by atoms with Crippen LogP contribution in [0, 0.1) is 6.92 Å². The minimum atomic E-state index is -0.0283. The van der Waals surface area contributed by atoms with Crippen molar-refractivity contribution in [1.29, 1.82) is 0 Å². The van der Waals surface area contributed by atoms with E-state index in [-0.39, 0.29) is 5.56 Å². The first-order chi connectivity index (χ1) is 10.2. The van der Waals surface area contributed by atoms with E-state index in [1.165, 1.54) is 11.8 Å². The van der Waals surface area contributed by atoms with Crippen LogP contribution < -0.4 is 5.56 Å². The third-order valence-corrected chi connectivity index (χ3v) is 5.30. The summed E-state index contributed by atoms with van der Waals surface area (Å²) in [7, 11) is 0. The molecule has 1 aromatic heterocycles. The van der Waals surface area contributed by atoms with E-state index in [0.717, 1.165) is 20.7 Å². The van der Waals surface area contributed by atoms with Crippen LogP contribution in [0.2, 0.25) is 0 Å². The Balaban J connectivity index is 2.04. The topological polar surface area (TPSA) is 37.8 Å². The SMILES string of the molecule is Cc1[nH]n(-c2ccccc2)c(=O)c1Sc1ccccc1Br. The Morgan fingerprint density at radius 3 is 2.43 bits per heavy atom. The highest BCUT2D eigenvalue weighted by Crippen LogP contribution is 2.33. The molecule has 0 amide bonds. The lowest BCUT2D eigenvalue weighted by Gasteiger charge is -2.01. The summed E-state index contributed by atoms with van der Waals surface area (Å²) < 4.78 is 2.57. The van der Waals surface area contributed by atoms with Crippen molar-refractivity contribution in [1.82, 2.24) is 9.78 Å². The van der Waals surface area contributed by atoms with Gasteiger partial charge in [-0.15, -0.1) is 0 Å². The van der Waals surface area contributed by atoms with E-state index in [4.69, 9.17) is 0 Å². The van der Waals surface area contributed by atoms with Crippen LogP contribution in [0.1, 0.15) is 5.69 Å². The van der Waals surface area contributed by atoms with Crippen LogP contribution >= 0.6 is 27.7 Å². The highest BCUT2D eigenvalue weighted by molar-refractivity contribution is 9.10. The first-order valence-corrected chi connectivity index (χ1v) is 8.07. The van der Waals surface area contributed by atoms with Crippen LogP contribution in [0.3, 0.4) is 0 Å². The van der Waals surface area contributed by atoms with Crippen LogP contribution in [0.15, 0.2) is 73.7 Å². The Morgan fingerprint density at radius 1 is 1.05 bits per heavy atom. The fourth-order valence-electron chi connectivity index (χ4n) is 2.05. The highest BCUT2D eigenvalue weighted by Gasteiger charge is 2.14. The van der Waals surface area contributed by atoms with E-state index in [2.05, 4.69) is 21.0 Å². The van der Waals surface area contributed by atoms with Crippen LogP contribution in [-0.2, 0) is 0 Å². The zero-order chi connectivity index (χ0) is 14.8. The van der Waals surface area contributed by atoms with Gasteiger partial charge in [-0.25, -0.2) is 4.68 Å². The lowest BCUT2D eigenvalue weighted by molar-refractivity contribution is 0.834. The Bertz CT molecular complexity index is 824. The molecule has 0 atom stereocenters. The molecule has 3 rings (SSSR count). The van der Waals surface area contributed by atoms with Gasteiger partial charge in [0.15, 0.2) is 0 Å². The summed E-state index contributed by atoms with van der Waals surface area (Å²) in [6, 6.07) is 17.5. The second-order valence-corrected chi connectivity index (χ2v) is 6.48. The third-order valence-electron chi connectivity index (χ3n) is 3.08. The molecule has 3 nitrogen and oxygen atoms in total. The van der Waals surface area contributed by atoms with Crippen molar-refractivity contribution in [3.05, 3.63) is 75.1 Å². The molecular weight excluding hydrogens is 348 g/mol. The van der Waals surface area contributed by atoms with Crippen molar-refractivity contribution in [2.24, 2.45) is 0 Å². The number of aryl methyl sites for hydroxylation is 1. The number of halogens is 1. The highest BCUT2D eigenvalue weighted by atomic mass is 79.9. The van der Waals surface area contributed by atoms with E-state index in [9.17, 15) is 4.79 Å². The molecule has 0 saturated carbocycles. The molecule has 5 heteroatoms. The normalized spacial score (nSPS) is 10.8. The molecule has 2 aromatic carbocycles. The lowest BCUT2D eigenvalue weighted by Crippen LogP contribution is -2.15. The van der Waals surface area contributed by atoms with Crippen molar-refractivity contribution in [2.45, 2.75) is 16.7 Å². The number of nitrogens with one attached hydrogen (secondary N) is 1. The standard InChI is InChI=1S/C16H13BrN2OS/c1-11-15(21-14-10-6-5-9-13(14)17)16(20)19(18-11)12-7-3-2-4-8-12/h2-10,18H,1H3. The van der Waals surface area contributed by atoms with Crippen molar-refractivity contribution in [2.75, 3.05) is 0 Å². The second-order valence-electron chi connectivity index (χ2n) is 4.57. The average molecular weight is 361 g/mol. The first kappa shape index (κ1) is 14.2. The Morgan fingerprint density at radius 2 is 1.71 bits per heavy atom. The Hall–Kier alpha value is -1.72. The minimum absolute atomic E-state index is 0.0283. The monoisotopic (exact) mass is 360 g/mol. The Labute approximate surface area is 135 Å². The molecule has 0 aliphatic rings. The molecule has 1 N–H and O–H groups in total. The molecule has 0 aliphatic carbocycles. The van der Waals surface area contributed by atoms with Gasteiger partial charge >= 0.3 is 0 Å². The van der Waals surface area contributed by atoms with Crippen LogP contribution in [0.25, 0.3) is 5.69 Å². The molecule has 0 fully saturated rings. The van der Waals surface area contributed by atoms with Crippen LogP contribution in [0.4, 0.5) is 0 Å². The van der Waals surface area contributed by atoms with E-state index in [0.29, 0.717) is 4.90 Å². The van der Waals surface area contributed by atoms with Gasteiger partial charge in [-0.3, -0.25) is 9.89 Å². The summed E-state index contributed by atoms with van der Waals surface area (Å²) in [5.74, 6) is 0. The largest absolute Gasteiger partial charge is 0.294 e.